The van der Waals surface area contributed by atoms with Gasteiger partial charge in [-0.25, -0.2) is 19.7 Å². The van der Waals surface area contributed by atoms with Crippen molar-refractivity contribution in [2.24, 2.45) is 17.8 Å². The van der Waals surface area contributed by atoms with Crippen LogP contribution in [0.2, 0.25) is 0 Å². The standard InChI is InChI=1S/C24H35N7O2/c1-13(2)15(4)25-19-18-20(27-21(26-19)22-29-24(32)33-30-22)28-23(17-6-5-7-17)31(18)12-16-10-8-14(3)9-11-16/h13-17H,5-12H2,1-4H3,(H,25,26,27)(H,29,30,32). The molecule has 0 saturated heterocycles. The fraction of sp³-hybridized carbons (Fsp3) is 0.708. The third-order valence-corrected chi connectivity index (χ3v) is 7.70. The van der Waals surface area contributed by atoms with E-state index in [9.17, 15) is 4.79 Å². The summed E-state index contributed by atoms with van der Waals surface area (Å²) in [4.78, 5) is 28.7. The van der Waals surface area contributed by atoms with Gasteiger partial charge in [0.25, 0.3) is 0 Å². The van der Waals surface area contributed by atoms with Crippen molar-refractivity contribution in [3.63, 3.8) is 0 Å². The molecule has 3 aromatic heterocycles. The van der Waals surface area contributed by atoms with E-state index in [1.54, 1.807) is 0 Å². The van der Waals surface area contributed by atoms with Crippen LogP contribution in [-0.2, 0) is 6.54 Å². The molecule has 2 aliphatic rings. The first-order chi connectivity index (χ1) is 15.9. The van der Waals surface area contributed by atoms with Crippen LogP contribution < -0.4 is 11.1 Å². The zero-order chi connectivity index (χ0) is 23.1. The smallest absolute Gasteiger partial charge is 0.365 e. The van der Waals surface area contributed by atoms with Gasteiger partial charge >= 0.3 is 5.76 Å². The Hall–Kier alpha value is -2.71. The summed E-state index contributed by atoms with van der Waals surface area (Å²) in [6.07, 6.45) is 8.71. The Bertz CT molecular complexity index is 1170. The number of hydrogen-bond acceptors (Lipinski definition) is 7. The molecular weight excluding hydrogens is 418 g/mol. The second-order valence-corrected chi connectivity index (χ2v) is 10.5. The maximum atomic E-state index is 11.5. The molecule has 33 heavy (non-hydrogen) atoms. The number of anilines is 1. The minimum Gasteiger partial charge on any atom is -0.365 e. The summed E-state index contributed by atoms with van der Waals surface area (Å²) < 4.78 is 7.11. The monoisotopic (exact) mass is 453 g/mol. The Balaban J connectivity index is 1.63. The Morgan fingerprint density at radius 2 is 1.85 bits per heavy atom. The maximum absolute atomic E-state index is 11.5. The quantitative estimate of drug-likeness (QED) is 0.532. The number of nitrogens with zero attached hydrogens (tertiary/aromatic N) is 5. The number of H-pyrrole nitrogens is 1. The molecule has 1 unspecified atom stereocenters. The first-order valence-electron chi connectivity index (χ1n) is 12.5. The van der Waals surface area contributed by atoms with Crippen molar-refractivity contribution in [2.75, 3.05) is 5.32 Å². The number of fused-ring (bicyclic) bond motifs is 1. The predicted octanol–water partition coefficient (Wildman–Crippen LogP) is 4.72. The molecule has 0 spiro atoms. The van der Waals surface area contributed by atoms with Gasteiger partial charge in [0.05, 0.1) is 0 Å². The van der Waals surface area contributed by atoms with Gasteiger partial charge in [-0.1, -0.05) is 45.2 Å². The summed E-state index contributed by atoms with van der Waals surface area (Å²) in [5.41, 5.74) is 1.63. The second-order valence-electron chi connectivity index (χ2n) is 10.5. The lowest BCUT2D eigenvalue weighted by molar-refractivity contribution is 0.260. The third kappa shape index (κ3) is 4.42. The van der Waals surface area contributed by atoms with Crippen LogP contribution in [0.15, 0.2) is 9.32 Å². The molecule has 0 radical (unpaired) electrons. The number of imidazole rings is 1. The van der Waals surface area contributed by atoms with Gasteiger partial charge in [0, 0.05) is 18.5 Å². The van der Waals surface area contributed by atoms with Gasteiger partial charge in [-0.15, -0.1) is 0 Å². The Kier molecular flexibility index (Phi) is 5.97. The summed E-state index contributed by atoms with van der Waals surface area (Å²) in [5, 5.41) is 7.42. The highest BCUT2D eigenvalue weighted by molar-refractivity contribution is 5.85. The summed E-state index contributed by atoms with van der Waals surface area (Å²) >= 11 is 0. The molecular formula is C24H35N7O2. The lowest BCUT2D eigenvalue weighted by Gasteiger charge is -2.30. The van der Waals surface area contributed by atoms with Crippen LogP contribution >= 0.6 is 0 Å². The normalized spacial score (nSPS) is 22.6. The first kappa shape index (κ1) is 22.1. The van der Waals surface area contributed by atoms with E-state index >= 15 is 0 Å². The molecule has 2 N–H and O–H groups in total. The molecule has 2 saturated carbocycles. The minimum absolute atomic E-state index is 0.207. The molecule has 0 aromatic carbocycles. The predicted molar refractivity (Wildman–Crippen MR) is 127 cm³/mol. The molecule has 2 aliphatic carbocycles. The van der Waals surface area contributed by atoms with Gasteiger partial charge in [-0.2, -0.15) is 0 Å². The second kappa shape index (κ2) is 8.91. The Morgan fingerprint density at radius 3 is 2.45 bits per heavy atom. The molecule has 3 heterocycles. The van der Waals surface area contributed by atoms with Crippen molar-refractivity contribution in [2.45, 2.75) is 91.1 Å². The lowest BCUT2D eigenvalue weighted by atomic mass is 9.82. The van der Waals surface area contributed by atoms with Gasteiger partial charge in [-0.05, 0) is 50.4 Å². The molecule has 0 bridgehead atoms. The van der Waals surface area contributed by atoms with E-state index < -0.39 is 5.76 Å². The van der Waals surface area contributed by atoms with Gasteiger partial charge < -0.3 is 9.88 Å². The molecule has 9 heteroatoms. The Labute approximate surface area is 193 Å². The van der Waals surface area contributed by atoms with Crippen LogP contribution in [0.4, 0.5) is 5.82 Å². The van der Waals surface area contributed by atoms with Crippen LogP contribution in [0.5, 0.6) is 0 Å². The van der Waals surface area contributed by atoms with E-state index in [4.69, 9.17) is 19.5 Å². The van der Waals surface area contributed by atoms with E-state index in [0.29, 0.717) is 29.2 Å². The molecule has 3 aromatic rings. The maximum Gasteiger partial charge on any atom is 0.439 e. The zero-order valence-electron chi connectivity index (χ0n) is 20.1. The van der Waals surface area contributed by atoms with Gasteiger partial charge in [0.1, 0.15) is 11.3 Å². The minimum atomic E-state index is -0.619. The van der Waals surface area contributed by atoms with Crippen LogP contribution in [-0.4, -0.2) is 35.7 Å². The molecule has 1 atom stereocenters. The summed E-state index contributed by atoms with van der Waals surface area (Å²) in [6, 6.07) is 0.207. The van der Waals surface area contributed by atoms with Crippen LogP contribution in [0.25, 0.3) is 22.8 Å². The number of aromatic amines is 1. The van der Waals surface area contributed by atoms with E-state index in [-0.39, 0.29) is 11.9 Å². The van der Waals surface area contributed by atoms with Gasteiger partial charge in [0.15, 0.2) is 11.5 Å². The Morgan fingerprint density at radius 1 is 1.09 bits per heavy atom. The molecule has 178 valence electrons. The topological polar surface area (TPSA) is 115 Å². The van der Waals surface area contributed by atoms with E-state index in [2.05, 4.69) is 47.7 Å². The largest absolute Gasteiger partial charge is 0.439 e. The summed E-state index contributed by atoms with van der Waals surface area (Å²) in [6.45, 7) is 9.86. The zero-order valence-corrected chi connectivity index (χ0v) is 20.1. The SMILES string of the molecule is CC1CCC(Cn2c(C3CCC3)nc3nc(-c4noc(=O)[nH]4)nc(NC(C)C(C)C)c32)CC1. The molecule has 0 aliphatic heterocycles. The first-order valence-corrected chi connectivity index (χ1v) is 12.5. The number of nitrogens with one attached hydrogen (secondary N) is 2. The summed E-state index contributed by atoms with van der Waals surface area (Å²) in [7, 11) is 0. The molecule has 9 nitrogen and oxygen atoms in total. The van der Waals surface area contributed by atoms with Crippen molar-refractivity contribution >= 4 is 17.0 Å². The highest BCUT2D eigenvalue weighted by atomic mass is 16.5. The number of hydrogen-bond donors (Lipinski definition) is 2. The molecule has 2 fully saturated rings. The van der Waals surface area contributed by atoms with Crippen molar-refractivity contribution in [3.8, 4) is 11.6 Å². The number of rotatable bonds is 7. The summed E-state index contributed by atoms with van der Waals surface area (Å²) in [5.74, 6) is 4.20. The lowest BCUT2D eigenvalue weighted by Crippen LogP contribution is -2.24. The van der Waals surface area contributed by atoms with Crippen LogP contribution in [0, 0.1) is 17.8 Å². The van der Waals surface area contributed by atoms with Crippen molar-refractivity contribution in [3.05, 3.63) is 16.4 Å². The third-order valence-electron chi connectivity index (χ3n) is 7.70. The average Bonchev–Trinajstić information content (AvgIpc) is 3.32. The van der Waals surface area contributed by atoms with Crippen LogP contribution in [0.1, 0.15) is 84.4 Å². The van der Waals surface area contributed by atoms with E-state index in [0.717, 1.165) is 29.6 Å². The van der Waals surface area contributed by atoms with Gasteiger partial charge in [-0.3, -0.25) is 9.51 Å². The highest BCUT2D eigenvalue weighted by Crippen LogP contribution is 2.40. The van der Waals surface area contributed by atoms with Gasteiger partial charge in [0.2, 0.25) is 11.6 Å². The van der Waals surface area contributed by atoms with Crippen LogP contribution in [0.3, 0.4) is 0 Å². The van der Waals surface area contributed by atoms with Crippen molar-refractivity contribution in [1.82, 2.24) is 29.7 Å². The average molecular weight is 454 g/mol. The van der Waals surface area contributed by atoms with Crippen molar-refractivity contribution < 1.29 is 4.52 Å². The fourth-order valence-electron chi connectivity index (χ4n) is 4.90. The highest BCUT2D eigenvalue weighted by Gasteiger charge is 2.30. The fourth-order valence-corrected chi connectivity index (χ4v) is 4.90. The molecule has 5 rings (SSSR count). The van der Waals surface area contributed by atoms with E-state index in [1.807, 2.05) is 0 Å². The number of aromatic nitrogens is 6. The van der Waals surface area contributed by atoms with Crippen molar-refractivity contribution in [1.29, 1.82) is 0 Å². The molecule has 0 amide bonds. The van der Waals surface area contributed by atoms with E-state index in [1.165, 1.54) is 44.9 Å².